The second-order valence-electron chi connectivity index (χ2n) is 8.22. The van der Waals surface area contributed by atoms with Crippen LogP contribution in [0.5, 0.6) is 0 Å². The summed E-state index contributed by atoms with van der Waals surface area (Å²) in [5.74, 6) is -5.51. The second-order valence-corrected chi connectivity index (χ2v) is 8.22. The second kappa shape index (κ2) is 11.8. The van der Waals surface area contributed by atoms with Crippen LogP contribution in [0.1, 0.15) is 24.8 Å². The average molecular weight is 506 g/mol. The molecular weight excluding hydrogens is 478 g/mol. The van der Waals surface area contributed by atoms with Gasteiger partial charge >= 0.3 is 24.3 Å². The van der Waals surface area contributed by atoms with Crippen LogP contribution in [-0.2, 0) is 27.9 Å². The zero-order chi connectivity index (χ0) is 26.3. The lowest BCUT2D eigenvalue weighted by molar-refractivity contribution is -0.193. The molecule has 34 heavy (non-hydrogen) atoms. The van der Waals surface area contributed by atoms with Crippen LogP contribution in [0.4, 0.5) is 26.3 Å². The number of nitrogens with zero attached hydrogens (tertiary/aromatic N) is 4. The molecule has 15 heteroatoms. The molecule has 196 valence electrons. The molecule has 0 saturated carbocycles. The maximum absolute atomic E-state index is 10.6. The number of ether oxygens (including phenoxy) is 1. The molecule has 1 spiro atoms. The summed E-state index contributed by atoms with van der Waals surface area (Å²) in [6.45, 7) is 4.18. The molecule has 0 aliphatic carbocycles. The topological polar surface area (TPSA) is 108 Å². The monoisotopic (exact) mass is 506 g/mol. The van der Waals surface area contributed by atoms with Gasteiger partial charge in [-0.1, -0.05) is 0 Å². The van der Waals surface area contributed by atoms with Crippen molar-refractivity contribution >= 4 is 11.9 Å². The lowest BCUT2D eigenvalue weighted by atomic mass is 9.87. The normalized spacial score (nSPS) is 20.4. The molecule has 1 unspecified atom stereocenters. The Morgan fingerprint density at radius 3 is 1.91 bits per heavy atom. The third-order valence-electron chi connectivity index (χ3n) is 5.34. The van der Waals surface area contributed by atoms with Gasteiger partial charge in [0.15, 0.2) is 0 Å². The van der Waals surface area contributed by atoms with Crippen molar-refractivity contribution in [2.75, 3.05) is 33.8 Å². The highest BCUT2D eigenvalue weighted by Crippen LogP contribution is 2.37. The van der Waals surface area contributed by atoms with Crippen LogP contribution in [0.25, 0.3) is 0 Å². The number of halogens is 6. The fraction of sp³-hybridized carbons (Fsp3) is 0.737. The maximum atomic E-state index is 10.6. The molecule has 2 aliphatic heterocycles. The van der Waals surface area contributed by atoms with E-state index in [0.29, 0.717) is 6.04 Å². The van der Waals surface area contributed by atoms with E-state index in [4.69, 9.17) is 24.5 Å². The molecular formula is C19H28F6N4O5. The number of aliphatic carboxylic acids is 2. The number of hydrogen-bond donors (Lipinski definition) is 2. The van der Waals surface area contributed by atoms with E-state index in [1.54, 1.807) is 0 Å². The van der Waals surface area contributed by atoms with Gasteiger partial charge in [-0.25, -0.2) is 9.59 Å². The first kappa shape index (κ1) is 29.6. The quantitative estimate of drug-likeness (QED) is 0.602. The van der Waals surface area contributed by atoms with Crippen LogP contribution < -0.4 is 0 Å². The summed E-state index contributed by atoms with van der Waals surface area (Å²) in [6, 6.07) is 0.597. The van der Waals surface area contributed by atoms with Gasteiger partial charge in [0.1, 0.15) is 0 Å². The van der Waals surface area contributed by atoms with Crippen molar-refractivity contribution in [1.82, 2.24) is 19.6 Å². The summed E-state index contributed by atoms with van der Waals surface area (Å²) in [4.78, 5) is 22.6. The van der Waals surface area contributed by atoms with E-state index >= 15 is 0 Å². The Kier molecular flexibility index (Phi) is 10.3. The van der Waals surface area contributed by atoms with Crippen molar-refractivity contribution in [2.24, 2.45) is 7.05 Å². The molecule has 0 radical (unpaired) electrons. The van der Waals surface area contributed by atoms with Crippen molar-refractivity contribution in [1.29, 1.82) is 0 Å². The summed E-state index contributed by atoms with van der Waals surface area (Å²) >= 11 is 0. The van der Waals surface area contributed by atoms with Crippen molar-refractivity contribution in [3.05, 3.63) is 18.0 Å². The van der Waals surface area contributed by atoms with Gasteiger partial charge in [0.2, 0.25) is 0 Å². The minimum Gasteiger partial charge on any atom is -0.475 e. The third-order valence-corrected chi connectivity index (χ3v) is 5.34. The number of carboxylic acids is 2. The predicted molar refractivity (Wildman–Crippen MR) is 106 cm³/mol. The number of hydrogen-bond acceptors (Lipinski definition) is 6. The molecule has 0 amide bonds. The molecule has 1 aromatic rings. The number of carbonyl (C=O) groups is 2. The number of carboxylic acid groups (broad SMARTS) is 2. The number of rotatable bonds is 3. The Morgan fingerprint density at radius 2 is 1.59 bits per heavy atom. The van der Waals surface area contributed by atoms with Gasteiger partial charge in [0.05, 0.1) is 18.4 Å². The summed E-state index contributed by atoms with van der Waals surface area (Å²) in [5.41, 5.74) is 1.46. The van der Waals surface area contributed by atoms with E-state index < -0.39 is 24.3 Å². The van der Waals surface area contributed by atoms with E-state index in [1.165, 1.54) is 12.0 Å². The van der Waals surface area contributed by atoms with Crippen LogP contribution in [0.15, 0.2) is 12.4 Å². The molecule has 0 bridgehead atoms. The molecule has 2 fully saturated rings. The Balaban J connectivity index is 0.000000343. The molecule has 2 N–H and O–H groups in total. The molecule has 0 aromatic carbocycles. The Morgan fingerprint density at radius 1 is 1.12 bits per heavy atom. The summed E-state index contributed by atoms with van der Waals surface area (Å²) < 4.78 is 71.5. The summed E-state index contributed by atoms with van der Waals surface area (Å²) in [6.07, 6.45) is -2.56. The van der Waals surface area contributed by atoms with E-state index in [9.17, 15) is 26.3 Å². The number of likely N-dealkylation sites (N-methyl/N-ethyl adjacent to an activating group) is 1. The number of aromatic nitrogens is 2. The first-order valence-electron chi connectivity index (χ1n) is 10.1. The number of alkyl halides is 6. The Labute approximate surface area is 191 Å². The fourth-order valence-corrected chi connectivity index (χ4v) is 3.43. The zero-order valence-electron chi connectivity index (χ0n) is 18.9. The number of piperidine rings is 1. The molecule has 3 rings (SSSR count). The van der Waals surface area contributed by atoms with Gasteiger partial charge in [-0.05, 0) is 33.4 Å². The van der Waals surface area contributed by atoms with Crippen LogP contribution in [0.3, 0.4) is 0 Å². The average Bonchev–Trinajstić information content (AvgIpc) is 3.30. The molecule has 1 atom stereocenters. The first-order valence-corrected chi connectivity index (χ1v) is 10.1. The maximum Gasteiger partial charge on any atom is 0.490 e. The molecule has 2 saturated heterocycles. The van der Waals surface area contributed by atoms with Crippen LogP contribution in [-0.4, -0.2) is 99.5 Å². The van der Waals surface area contributed by atoms with Crippen LogP contribution in [0, 0.1) is 0 Å². The lowest BCUT2D eigenvalue weighted by Gasteiger charge is -2.38. The minimum atomic E-state index is -5.08. The van der Waals surface area contributed by atoms with Gasteiger partial charge in [0.25, 0.3) is 0 Å². The Hall–Kier alpha value is -2.39. The van der Waals surface area contributed by atoms with E-state index in [2.05, 4.69) is 35.2 Å². The zero-order valence-corrected chi connectivity index (χ0v) is 18.9. The SMILES string of the molecule is CN(C)C1COC2(CCN(Cc3cnn(C)c3)CC2)C1.O=C(O)C(F)(F)F.O=C(O)C(F)(F)F. The van der Waals surface area contributed by atoms with Gasteiger partial charge in [-0.3, -0.25) is 9.58 Å². The smallest absolute Gasteiger partial charge is 0.475 e. The third kappa shape index (κ3) is 9.85. The Bertz CT molecular complexity index is 780. The molecule has 1 aromatic heterocycles. The van der Waals surface area contributed by atoms with Gasteiger partial charge in [-0.2, -0.15) is 31.4 Å². The van der Waals surface area contributed by atoms with Crippen molar-refractivity contribution in [3.8, 4) is 0 Å². The van der Waals surface area contributed by atoms with Crippen LogP contribution in [0.2, 0.25) is 0 Å². The standard InChI is InChI=1S/C15H26N4O.2C2HF3O2/c1-17(2)14-8-15(20-12-14)4-6-19(7-5-15)11-13-9-16-18(3)10-13;2*3-2(4,5)1(6)7/h9-10,14H,4-8,11-12H2,1-3H3;2*(H,6,7). The lowest BCUT2D eigenvalue weighted by Crippen LogP contribution is -2.44. The predicted octanol–water partition coefficient (Wildman–Crippen LogP) is 2.37. The van der Waals surface area contributed by atoms with E-state index in [0.717, 1.165) is 39.1 Å². The first-order chi connectivity index (χ1) is 15.4. The molecule has 3 heterocycles. The van der Waals surface area contributed by atoms with Gasteiger partial charge in [-0.15, -0.1) is 0 Å². The van der Waals surface area contributed by atoms with Crippen molar-refractivity contribution < 1.29 is 50.9 Å². The number of aryl methyl sites for hydroxylation is 1. The number of likely N-dealkylation sites (tertiary alicyclic amines) is 1. The van der Waals surface area contributed by atoms with Gasteiger partial charge < -0.3 is 19.8 Å². The van der Waals surface area contributed by atoms with E-state index in [1.807, 2.05) is 17.9 Å². The van der Waals surface area contributed by atoms with Crippen LogP contribution >= 0.6 is 0 Å². The molecule has 9 nitrogen and oxygen atoms in total. The largest absolute Gasteiger partial charge is 0.490 e. The fourth-order valence-electron chi connectivity index (χ4n) is 3.43. The highest BCUT2D eigenvalue weighted by molar-refractivity contribution is 5.73. The summed E-state index contributed by atoms with van der Waals surface area (Å²) in [5, 5.41) is 18.5. The summed E-state index contributed by atoms with van der Waals surface area (Å²) in [7, 11) is 6.29. The highest BCUT2D eigenvalue weighted by atomic mass is 19.4. The minimum absolute atomic E-state index is 0.153. The van der Waals surface area contributed by atoms with E-state index in [-0.39, 0.29) is 5.60 Å². The van der Waals surface area contributed by atoms with Crippen molar-refractivity contribution in [2.45, 2.75) is 49.8 Å². The molecule has 2 aliphatic rings. The van der Waals surface area contributed by atoms with Crippen molar-refractivity contribution in [3.63, 3.8) is 0 Å². The van der Waals surface area contributed by atoms with Gasteiger partial charge in [0, 0.05) is 44.5 Å². The highest BCUT2D eigenvalue weighted by Gasteiger charge is 2.43.